The fourth-order valence-corrected chi connectivity index (χ4v) is 8.94. The van der Waals surface area contributed by atoms with Gasteiger partial charge in [-0.05, 0) is 126 Å². The highest BCUT2D eigenvalue weighted by Crippen LogP contribution is 2.48. The first-order chi connectivity index (χ1) is 26.0. The molecule has 1 aromatic heterocycles. The smallest absolute Gasteiger partial charge is 0.261 e. The van der Waals surface area contributed by atoms with Crippen LogP contribution in [0.5, 0.6) is 0 Å². The number of aryl methyl sites for hydroxylation is 3. The number of likely N-dealkylation sites (tertiary alicyclic amines) is 1. The van der Waals surface area contributed by atoms with Crippen LogP contribution in [0.3, 0.4) is 0 Å². The number of rotatable bonds is 11. The number of piperidine rings is 1. The summed E-state index contributed by atoms with van der Waals surface area (Å²) in [5, 5.41) is 14.0. The van der Waals surface area contributed by atoms with Gasteiger partial charge in [-0.15, -0.1) is 0 Å². The molecule has 1 saturated carbocycles. The van der Waals surface area contributed by atoms with Crippen molar-refractivity contribution in [2.45, 2.75) is 90.6 Å². The minimum absolute atomic E-state index is 0.174. The van der Waals surface area contributed by atoms with E-state index < -0.39 is 11.7 Å². The Bertz CT molecular complexity index is 2120. The number of fused-ring (bicyclic) bond motifs is 1. The normalized spacial score (nSPS) is 19.1. The van der Waals surface area contributed by atoms with E-state index in [1.165, 1.54) is 16.5 Å². The van der Waals surface area contributed by atoms with E-state index in [-0.39, 0.29) is 22.9 Å². The number of imide groups is 1. The van der Waals surface area contributed by atoms with Crippen molar-refractivity contribution in [3.63, 3.8) is 0 Å². The van der Waals surface area contributed by atoms with Gasteiger partial charge in [0.15, 0.2) is 0 Å². The fourth-order valence-electron chi connectivity index (χ4n) is 8.94. The molecule has 3 aliphatic heterocycles. The number of halogens is 1. The van der Waals surface area contributed by atoms with E-state index in [4.69, 9.17) is 4.52 Å². The van der Waals surface area contributed by atoms with Crippen LogP contribution in [-0.2, 0) is 5.41 Å². The Balaban J connectivity index is 0.958. The molecule has 1 unspecified atom stereocenters. The molecule has 2 saturated heterocycles. The minimum Gasteiger partial charge on any atom is -0.366 e. The van der Waals surface area contributed by atoms with Crippen molar-refractivity contribution in [1.29, 1.82) is 5.26 Å². The van der Waals surface area contributed by atoms with Crippen molar-refractivity contribution < 1.29 is 18.5 Å². The monoisotopic (exact) mass is 728 g/mol. The van der Waals surface area contributed by atoms with E-state index in [2.05, 4.69) is 70.4 Å². The van der Waals surface area contributed by atoms with Crippen LogP contribution in [0.25, 0.3) is 11.1 Å². The SMILES string of the molecule is CCCC(C)N1C(=O)c2cc(F)c(N3CC(N4CCC(CN(c5ccc(C6(C#N)CC6)cc5)c5cc(-c6c(C)noc6C)ccc5C)CC4)C3)cc2C1=O. The molecule has 1 aliphatic carbocycles. The molecule has 4 aromatic rings. The number of hydrogen-bond acceptors (Lipinski definition) is 8. The largest absolute Gasteiger partial charge is 0.366 e. The zero-order chi connectivity index (χ0) is 37.9. The summed E-state index contributed by atoms with van der Waals surface area (Å²) < 4.78 is 21.0. The van der Waals surface area contributed by atoms with Crippen molar-refractivity contribution in [2.24, 2.45) is 5.92 Å². The summed E-state index contributed by atoms with van der Waals surface area (Å²) >= 11 is 0. The molecule has 8 rings (SSSR count). The van der Waals surface area contributed by atoms with E-state index >= 15 is 4.39 Å². The molecule has 54 heavy (non-hydrogen) atoms. The van der Waals surface area contributed by atoms with Gasteiger partial charge in [0, 0.05) is 48.7 Å². The van der Waals surface area contributed by atoms with Crippen LogP contribution < -0.4 is 9.80 Å². The average Bonchev–Trinajstić information content (AvgIpc) is 3.83. The second-order valence-corrected chi connectivity index (χ2v) is 16.1. The number of nitriles is 1. The van der Waals surface area contributed by atoms with Crippen molar-refractivity contribution in [1.82, 2.24) is 15.0 Å². The molecule has 4 aliphatic rings. The number of nitrogens with zero attached hydrogens (tertiary/aromatic N) is 6. The lowest BCUT2D eigenvalue weighted by atomic mass is 9.92. The van der Waals surface area contributed by atoms with Gasteiger partial charge in [0.25, 0.3) is 11.8 Å². The van der Waals surface area contributed by atoms with Crippen LogP contribution in [0.4, 0.5) is 21.5 Å². The third kappa shape index (κ3) is 6.26. The maximum atomic E-state index is 15.4. The number of benzene rings is 3. The van der Waals surface area contributed by atoms with E-state index in [0.717, 1.165) is 97.7 Å². The lowest BCUT2D eigenvalue weighted by Crippen LogP contribution is -2.61. The van der Waals surface area contributed by atoms with Gasteiger partial charge in [-0.2, -0.15) is 5.26 Å². The summed E-state index contributed by atoms with van der Waals surface area (Å²) in [6.07, 6.45) is 5.50. The van der Waals surface area contributed by atoms with Gasteiger partial charge in [-0.25, -0.2) is 4.39 Å². The van der Waals surface area contributed by atoms with Crippen LogP contribution in [0.15, 0.2) is 59.1 Å². The summed E-state index contributed by atoms with van der Waals surface area (Å²) in [7, 11) is 0. The Morgan fingerprint density at radius 2 is 1.69 bits per heavy atom. The zero-order valence-corrected chi connectivity index (χ0v) is 32.0. The Hall–Kier alpha value is -5.01. The number of anilines is 3. The summed E-state index contributed by atoms with van der Waals surface area (Å²) in [6, 6.07) is 20.7. The maximum Gasteiger partial charge on any atom is 0.261 e. The molecule has 4 heterocycles. The first-order valence-corrected chi connectivity index (χ1v) is 19.6. The summed E-state index contributed by atoms with van der Waals surface area (Å²) in [4.78, 5) is 34.5. The van der Waals surface area contributed by atoms with Crippen molar-refractivity contribution in [3.8, 4) is 17.2 Å². The second kappa shape index (κ2) is 14.0. The molecule has 280 valence electrons. The predicted molar refractivity (Wildman–Crippen MR) is 208 cm³/mol. The van der Waals surface area contributed by atoms with Crippen LogP contribution in [-0.4, -0.2) is 71.6 Å². The predicted octanol–water partition coefficient (Wildman–Crippen LogP) is 8.48. The summed E-state index contributed by atoms with van der Waals surface area (Å²) in [5.74, 6) is 0.108. The molecule has 0 bridgehead atoms. The number of aromatic nitrogens is 1. The highest BCUT2D eigenvalue weighted by molar-refractivity contribution is 6.22. The molecule has 0 radical (unpaired) electrons. The lowest BCUT2D eigenvalue weighted by molar-refractivity contribution is 0.0589. The Kier molecular flexibility index (Phi) is 9.33. The van der Waals surface area contributed by atoms with Gasteiger partial charge in [0.05, 0.1) is 34.0 Å². The van der Waals surface area contributed by atoms with Crippen LogP contribution >= 0.6 is 0 Å². The molecule has 3 fully saturated rings. The maximum absolute atomic E-state index is 15.4. The number of carbonyl (C=O) groups is 2. The highest BCUT2D eigenvalue weighted by Gasteiger charge is 2.45. The molecule has 10 heteroatoms. The highest BCUT2D eigenvalue weighted by atomic mass is 19.1. The minimum atomic E-state index is -0.446. The van der Waals surface area contributed by atoms with E-state index in [1.54, 1.807) is 6.07 Å². The van der Waals surface area contributed by atoms with E-state index in [0.29, 0.717) is 36.3 Å². The van der Waals surface area contributed by atoms with Gasteiger partial charge in [-0.3, -0.25) is 19.4 Å². The number of carbonyl (C=O) groups excluding carboxylic acids is 2. The number of hydrogen-bond donors (Lipinski definition) is 0. The summed E-state index contributed by atoms with van der Waals surface area (Å²) in [6.45, 7) is 14.2. The fraction of sp³-hybridized carbons (Fsp3) is 0.455. The molecule has 1 atom stereocenters. The summed E-state index contributed by atoms with van der Waals surface area (Å²) in [5.41, 5.74) is 8.10. The molecule has 2 amide bonds. The van der Waals surface area contributed by atoms with Gasteiger partial charge < -0.3 is 14.3 Å². The third-order valence-corrected chi connectivity index (χ3v) is 12.5. The van der Waals surface area contributed by atoms with Crippen LogP contribution in [0, 0.1) is 43.8 Å². The topological polar surface area (TPSA) is 96.9 Å². The first-order valence-electron chi connectivity index (χ1n) is 19.6. The van der Waals surface area contributed by atoms with Crippen molar-refractivity contribution in [3.05, 3.63) is 94.1 Å². The van der Waals surface area contributed by atoms with Crippen molar-refractivity contribution in [2.75, 3.05) is 42.5 Å². The lowest BCUT2D eigenvalue weighted by Gasteiger charge is -2.49. The van der Waals surface area contributed by atoms with Crippen LogP contribution in [0.2, 0.25) is 0 Å². The Morgan fingerprint density at radius 3 is 2.30 bits per heavy atom. The van der Waals surface area contributed by atoms with Crippen LogP contribution in [0.1, 0.15) is 95.7 Å². The average molecular weight is 729 g/mol. The Morgan fingerprint density at radius 1 is 1.00 bits per heavy atom. The molecule has 3 aromatic carbocycles. The number of amides is 2. The first kappa shape index (κ1) is 36.0. The van der Waals surface area contributed by atoms with Crippen molar-refractivity contribution >= 4 is 28.9 Å². The second-order valence-electron chi connectivity index (χ2n) is 16.1. The van der Waals surface area contributed by atoms with Gasteiger partial charge in [0.2, 0.25) is 0 Å². The van der Waals surface area contributed by atoms with E-state index in [9.17, 15) is 14.9 Å². The van der Waals surface area contributed by atoms with Gasteiger partial charge >= 0.3 is 0 Å². The molecule has 9 nitrogen and oxygen atoms in total. The van der Waals surface area contributed by atoms with Gasteiger partial charge in [-0.1, -0.05) is 42.8 Å². The zero-order valence-electron chi connectivity index (χ0n) is 32.0. The third-order valence-electron chi connectivity index (χ3n) is 12.5. The van der Waals surface area contributed by atoms with E-state index in [1.807, 2.05) is 32.6 Å². The quantitative estimate of drug-likeness (QED) is 0.142. The molecular formula is C44H49FN6O3. The molecule has 0 N–H and O–H groups in total. The molecular weight excluding hydrogens is 680 g/mol. The molecule has 0 spiro atoms. The van der Waals surface area contributed by atoms with Gasteiger partial charge in [0.1, 0.15) is 11.6 Å². The standard InChI is InChI=1S/C44H49FN6O3/c1-6-7-28(3)51-42(52)36-21-38(45)40(22-37(36)43(51)53)49-24-35(25-49)48-18-14-31(15-19-48)23-50(34-12-10-33(11-13-34)44(26-46)16-17-44)39-20-32(9-8-27(39)2)41-29(4)47-54-30(41)5/h8-13,20-22,28,31,35H,6-7,14-19,23-25H2,1-5H3. The Labute approximate surface area is 317 Å².